The fraction of sp³-hybridized carbons (Fsp3) is 0.571. The minimum atomic E-state index is -0.117. The topological polar surface area (TPSA) is 89.3 Å². The van der Waals surface area contributed by atoms with Crippen molar-refractivity contribution in [2.45, 2.75) is 45.3 Å². The lowest BCUT2D eigenvalue weighted by atomic mass is 10.1. The van der Waals surface area contributed by atoms with E-state index in [0.29, 0.717) is 18.0 Å². The van der Waals surface area contributed by atoms with Crippen LogP contribution in [0.1, 0.15) is 49.2 Å². The zero-order valence-electron chi connectivity index (χ0n) is 12.1. The fourth-order valence-corrected chi connectivity index (χ4v) is 2.23. The minimum absolute atomic E-state index is 0.0532. The average Bonchev–Trinajstić information content (AvgIpc) is 2.83. The zero-order chi connectivity index (χ0) is 14.7. The van der Waals surface area contributed by atoms with Crippen molar-refractivity contribution in [2.24, 2.45) is 5.84 Å². The first-order chi connectivity index (χ1) is 9.51. The number of carbonyl (C=O) groups is 1. The van der Waals surface area contributed by atoms with Crippen molar-refractivity contribution < 1.29 is 9.53 Å². The Morgan fingerprint density at radius 3 is 2.80 bits per heavy atom. The quantitative estimate of drug-likeness (QED) is 0.572. The molecule has 0 aromatic carbocycles. The highest BCUT2D eigenvalue weighted by Crippen LogP contribution is 2.18. The molecule has 1 aliphatic heterocycles. The van der Waals surface area contributed by atoms with Crippen molar-refractivity contribution in [3.8, 4) is 0 Å². The van der Waals surface area contributed by atoms with Crippen LogP contribution < -0.4 is 16.6 Å². The summed E-state index contributed by atoms with van der Waals surface area (Å²) in [6.45, 7) is 6.71. The molecule has 0 saturated carbocycles. The van der Waals surface area contributed by atoms with Gasteiger partial charge in [-0.05, 0) is 31.4 Å². The molecule has 1 aromatic heterocycles. The maximum Gasteiger partial charge on any atom is 0.251 e. The standard InChI is InChI=1S/C14H22N4O2/c1-8(2)12-6-10(7-13(16-12)18-15)14(19)17-11-4-5-20-9(11)3/h6-9,11H,4-5,15H2,1-3H3,(H,16,18)(H,17,19). The lowest BCUT2D eigenvalue weighted by Gasteiger charge is -2.17. The van der Waals surface area contributed by atoms with Gasteiger partial charge in [-0.1, -0.05) is 13.8 Å². The van der Waals surface area contributed by atoms with Gasteiger partial charge in [0.25, 0.3) is 5.91 Å². The molecule has 0 radical (unpaired) electrons. The third kappa shape index (κ3) is 3.26. The summed E-state index contributed by atoms with van der Waals surface area (Å²) in [5, 5.41) is 3.00. The van der Waals surface area contributed by atoms with Crippen LogP contribution in [-0.4, -0.2) is 29.6 Å². The van der Waals surface area contributed by atoms with Crippen molar-refractivity contribution in [1.82, 2.24) is 10.3 Å². The van der Waals surface area contributed by atoms with Crippen LogP contribution in [0.25, 0.3) is 0 Å². The van der Waals surface area contributed by atoms with E-state index >= 15 is 0 Å². The van der Waals surface area contributed by atoms with Gasteiger partial charge in [0.05, 0.1) is 12.1 Å². The maximum atomic E-state index is 12.3. The second-order valence-electron chi connectivity index (χ2n) is 5.41. The number of anilines is 1. The van der Waals surface area contributed by atoms with Gasteiger partial charge >= 0.3 is 0 Å². The molecule has 4 N–H and O–H groups in total. The average molecular weight is 278 g/mol. The minimum Gasteiger partial charge on any atom is -0.376 e. The Labute approximate surface area is 119 Å². The first-order valence-corrected chi connectivity index (χ1v) is 6.92. The molecular weight excluding hydrogens is 256 g/mol. The maximum absolute atomic E-state index is 12.3. The van der Waals surface area contributed by atoms with Crippen LogP contribution in [0.5, 0.6) is 0 Å². The van der Waals surface area contributed by atoms with Crippen LogP contribution in [0, 0.1) is 0 Å². The predicted molar refractivity (Wildman–Crippen MR) is 77.4 cm³/mol. The van der Waals surface area contributed by atoms with Crippen molar-refractivity contribution in [3.05, 3.63) is 23.4 Å². The highest BCUT2D eigenvalue weighted by atomic mass is 16.5. The summed E-state index contributed by atoms with van der Waals surface area (Å²) in [6.07, 6.45) is 0.897. The molecule has 1 fully saturated rings. The number of nitrogens with zero attached hydrogens (tertiary/aromatic N) is 1. The van der Waals surface area contributed by atoms with Gasteiger partial charge in [-0.15, -0.1) is 0 Å². The number of amides is 1. The van der Waals surface area contributed by atoms with Gasteiger partial charge in [-0.3, -0.25) is 4.79 Å². The summed E-state index contributed by atoms with van der Waals surface area (Å²) in [6, 6.07) is 3.52. The summed E-state index contributed by atoms with van der Waals surface area (Å²) < 4.78 is 5.45. The van der Waals surface area contributed by atoms with E-state index in [2.05, 4.69) is 15.7 Å². The number of nitrogen functional groups attached to an aromatic ring is 1. The molecule has 20 heavy (non-hydrogen) atoms. The summed E-state index contributed by atoms with van der Waals surface area (Å²) in [5.41, 5.74) is 3.90. The van der Waals surface area contributed by atoms with Crippen molar-refractivity contribution >= 4 is 11.7 Å². The molecule has 2 heterocycles. The van der Waals surface area contributed by atoms with Crippen LogP contribution in [-0.2, 0) is 4.74 Å². The van der Waals surface area contributed by atoms with E-state index in [1.807, 2.05) is 20.8 Å². The number of hydrazine groups is 1. The molecule has 2 atom stereocenters. The molecule has 1 aromatic rings. The molecule has 110 valence electrons. The summed E-state index contributed by atoms with van der Waals surface area (Å²) >= 11 is 0. The Hall–Kier alpha value is -1.66. The Morgan fingerprint density at radius 2 is 2.25 bits per heavy atom. The normalized spacial score (nSPS) is 22.1. The van der Waals surface area contributed by atoms with E-state index in [4.69, 9.17) is 10.6 Å². The number of hydrogen-bond donors (Lipinski definition) is 3. The molecule has 2 unspecified atom stereocenters. The SMILES string of the molecule is CC(C)c1cc(C(=O)NC2CCOC2C)cc(NN)n1. The van der Waals surface area contributed by atoms with Crippen LogP contribution in [0.3, 0.4) is 0 Å². The molecule has 0 aliphatic carbocycles. The van der Waals surface area contributed by atoms with Gasteiger partial charge in [0.1, 0.15) is 5.82 Å². The van der Waals surface area contributed by atoms with Gasteiger partial charge in [0, 0.05) is 17.9 Å². The molecule has 1 aliphatic rings. The lowest BCUT2D eigenvalue weighted by molar-refractivity contribution is 0.0866. The van der Waals surface area contributed by atoms with Crippen LogP contribution in [0.4, 0.5) is 5.82 Å². The highest BCUT2D eigenvalue weighted by Gasteiger charge is 2.26. The summed E-state index contributed by atoms with van der Waals surface area (Å²) in [5.74, 6) is 6.01. The Balaban J connectivity index is 2.18. The van der Waals surface area contributed by atoms with E-state index in [0.717, 1.165) is 12.1 Å². The van der Waals surface area contributed by atoms with Crippen molar-refractivity contribution in [3.63, 3.8) is 0 Å². The van der Waals surface area contributed by atoms with Crippen molar-refractivity contribution in [1.29, 1.82) is 0 Å². The number of rotatable bonds is 4. The van der Waals surface area contributed by atoms with E-state index in [1.165, 1.54) is 0 Å². The fourth-order valence-electron chi connectivity index (χ4n) is 2.23. The smallest absolute Gasteiger partial charge is 0.251 e. The Bertz CT molecular complexity index is 490. The molecule has 0 spiro atoms. The molecule has 1 amide bonds. The predicted octanol–water partition coefficient (Wildman–Crippen LogP) is 1.40. The number of aromatic nitrogens is 1. The number of hydrogen-bond acceptors (Lipinski definition) is 5. The first-order valence-electron chi connectivity index (χ1n) is 6.92. The first kappa shape index (κ1) is 14.7. The molecule has 2 rings (SSSR count). The number of pyridine rings is 1. The van der Waals surface area contributed by atoms with Gasteiger partial charge in [0.2, 0.25) is 0 Å². The number of nitrogens with two attached hydrogens (primary N) is 1. The highest BCUT2D eigenvalue weighted by molar-refractivity contribution is 5.95. The lowest BCUT2D eigenvalue weighted by Crippen LogP contribution is -2.39. The van der Waals surface area contributed by atoms with E-state index in [1.54, 1.807) is 12.1 Å². The largest absolute Gasteiger partial charge is 0.376 e. The van der Waals surface area contributed by atoms with Crippen LogP contribution in [0.2, 0.25) is 0 Å². The van der Waals surface area contributed by atoms with Gasteiger partial charge in [0.15, 0.2) is 0 Å². The van der Waals surface area contributed by atoms with Gasteiger partial charge < -0.3 is 15.5 Å². The second kappa shape index (κ2) is 6.19. The van der Waals surface area contributed by atoms with E-state index in [9.17, 15) is 4.79 Å². The number of carbonyl (C=O) groups excluding carboxylic acids is 1. The summed E-state index contributed by atoms with van der Waals surface area (Å²) in [4.78, 5) is 16.7. The number of ether oxygens (including phenoxy) is 1. The zero-order valence-corrected chi connectivity index (χ0v) is 12.1. The van der Waals surface area contributed by atoms with E-state index in [-0.39, 0.29) is 24.0 Å². The van der Waals surface area contributed by atoms with Crippen molar-refractivity contribution in [2.75, 3.05) is 12.0 Å². The number of nitrogens with one attached hydrogen (secondary N) is 2. The third-order valence-electron chi connectivity index (χ3n) is 3.54. The van der Waals surface area contributed by atoms with E-state index < -0.39 is 0 Å². The molecule has 0 bridgehead atoms. The monoisotopic (exact) mass is 278 g/mol. The van der Waals surface area contributed by atoms with Gasteiger partial charge in [-0.2, -0.15) is 0 Å². The Kier molecular flexibility index (Phi) is 4.57. The summed E-state index contributed by atoms with van der Waals surface area (Å²) in [7, 11) is 0. The molecule has 1 saturated heterocycles. The third-order valence-corrected chi connectivity index (χ3v) is 3.54. The van der Waals surface area contributed by atoms with Crippen LogP contribution in [0.15, 0.2) is 12.1 Å². The second-order valence-corrected chi connectivity index (χ2v) is 5.41. The molecular formula is C14H22N4O2. The molecule has 6 heteroatoms. The molecule has 6 nitrogen and oxygen atoms in total. The van der Waals surface area contributed by atoms with Crippen LogP contribution >= 0.6 is 0 Å². The van der Waals surface area contributed by atoms with Gasteiger partial charge in [-0.25, -0.2) is 10.8 Å². The Morgan fingerprint density at radius 1 is 1.50 bits per heavy atom.